The molecule has 0 spiro atoms. The smallest absolute Gasteiger partial charge is 0.314 e. The Hall–Kier alpha value is -4.08. The van der Waals surface area contributed by atoms with E-state index in [-0.39, 0.29) is 36.4 Å². The zero-order valence-electron chi connectivity index (χ0n) is 47.0. The third-order valence-electron chi connectivity index (χ3n) is 14.9. The van der Waals surface area contributed by atoms with E-state index in [1.807, 2.05) is 78.4 Å². The molecule has 0 aliphatic heterocycles. The van der Waals surface area contributed by atoms with Gasteiger partial charge in [0.2, 0.25) is 0 Å². The van der Waals surface area contributed by atoms with Gasteiger partial charge in [-0.25, -0.2) is 9.59 Å². The van der Waals surface area contributed by atoms with Crippen LogP contribution in [0.25, 0.3) is 0 Å². The third kappa shape index (κ3) is 19.2. The molecule has 2 aliphatic rings. The predicted octanol–water partition coefficient (Wildman–Crippen LogP) is 12.1. The third-order valence-corrected chi connectivity index (χ3v) is 17.6. The Balaban J connectivity index is 0.736. The molecule has 0 aromatic heterocycles. The van der Waals surface area contributed by atoms with Crippen molar-refractivity contribution in [3.05, 3.63) is 114 Å². The number of unbranched alkanes of at least 4 members (excludes halogenated alkanes) is 11. The number of aryl methyl sites for hydroxylation is 2. The fourth-order valence-corrected chi connectivity index (χ4v) is 12.8. The van der Waals surface area contributed by atoms with Crippen LogP contribution in [-0.2, 0) is 35.4 Å². The molecule has 4 aromatic carbocycles. The molecular weight excluding hydrogens is 1140 g/mol. The maximum absolute atomic E-state index is 12.3. The van der Waals surface area contributed by atoms with Crippen LogP contribution in [0.4, 0.5) is 21.0 Å². The van der Waals surface area contributed by atoms with E-state index in [1.165, 1.54) is 8.61 Å². The molecule has 0 heterocycles. The van der Waals surface area contributed by atoms with E-state index >= 15 is 0 Å². The molecule has 2 aliphatic carbocycles. The van der Waals surface area contributed by atoms with Gasteiger partial charge in [0.05, 0.1) is 12.1 Å². The first-order valence-corrected chi connectivity index (χ1v) is 31.5. The SMILES string of the molecule is Cc1cc(N(CCCCCCCCNC(=O)NCCCCNC(=O)NCCCCCCCCN(c2ccc(O[C@H]3c4cc(Cl)cc(Cl)c4C[C@@H]3N(C)C)c(C)c2)S(=O)[O-])S(=O)[O-])ccc1O[C@H]1c2cc(Cl)cc(Cl)c2C[C@@H]1N(C)C. The number of hydrogen-bond donors (Lipinski definition) is 4. The van der Waals surface area contributed by atoms with Gasteiger partial charge in [0.15, 0.2) is 0 Å². The number of hydrogen-bond acceptors (Lipinski definition) is 10. The second-order valence-electron chi connectivity index (χ2n) is 21.3. The fraction of sp³-hybridized carbons (Fsp3) is 0.552. The van der Waals surface area contributed by atoms with Crippen LogP contribution in [0.3, 0.4) is 0 Å². The van der Waals surface area contributed by atoms with Gasteiger partial charge in [-0.15, -0.1) is 0 Å². The number of carbonyl (C=O) groups is 2. The Labute approximate surface area is 499 Å². The second-order valence-corrected chi connectivity index (χ2v) is 24.7. The van der Waals surface area contributed by atoms with Gasteiger partial charge in [-0.2, -0.15) is 0 Å². The first-order chi connectivity index (χ1) is 38.3. The Morgan fingerprint density at radius 2 is 0.838 bits per heavy atom. The molecule has 4 aromatic rings. The highest BCUT2D eigenvalue weighted by atomic mass is 35.5. The number of benzene rings is 4. The number of rotatable bonds is 33. The summed E-state index contributed by atoms with van der Waals surface area (Å²) in [5.41, 5.74) is 6.84. The standard InChI is InChI=1S/C58H82Cl4N8O8S2/c1-39-31-43(21-23-53(39)77-55-47-33-41(59)35-49(61)45(47)37-51(55)67(3)4)69(79(73)74)29-19-13-9-7-11-15-25-63-57(71)65-27-17-18-28-66-58(72)64-26-16-12-8-10-14-20-30-70(80(75)76)44-22-24-54(40(2)32-44)78-56-48-34-42(60)36-50(62)46(48)38-52(56)68(5)6/h21-24,31-36,51-52,55-56H,7-20,25-30,37-38H2,1-6H3,(H,73,74)(H,75,76)(H2,63,65,71)(H2,64,66,72)/p-2/t51-,52-,55-,56-/m0/s1. The fourth-order valence-electron chi connectivity index (χ4n) is 10.5. The summed E-state index contributed by atoms with van der Waals surface area (Å²) in [6, 6.07) is 18.0. The van der Waals surface area contributed by atoms with Crippen LogP contribution in [0, 0.1) is 13.8 Å². The number of halogens is 4. The molecule has 2 unspecified atom stereocenters. The summed E-state index contributed by atoms with van der Waals surface area (Å²) in [7, 11) is 8.05. The minimum atomic E-state index is -2.43. The van der Waals surface area contributed by atoms with Gasteiger partial charge < -0.3 is 58.3 Å². The number of urea groups is 2. The maximum atomic E-state index is 12.3. The first kappa shape index (κ1) is 65.1. The molecular formula is C58H80Cl4N8O8S2-2. The molecule has 0 saturated carbocycles. The summed E-state index contributed by atoms with van der Waals surface area (Å²) in [5.74, 6) is 1.35. The molecule has 4 amide bonds. The number of anilines is 2. The molecule has 0 saturated heterocycles. The van der Waals surface area contributed by atoms with E-state index in [0.717, 1.165) is 136 Å². The van der Waals surface area contributed by atoms with Crippen molar-refractivity contribution in [2.45, 2.75) is 141 Å². The zero-order chi connectivity index (χ0) is 57.9. The van der Waals surface area contributed by atoms with Crippen LogP contribution in [0.2, 0.25) is 20.1 Å². The summed E-state index contributed by atoms with van der Waals surface area (Å²) in [6.45, 7) is 6.74. The number of likely N-dealkylation sites (N-methyl/N-ethyl adjacent to an activating group) is 2. The molecule has 6 atom stereocenters. The van der Waals surface area contributed by atoms with Crippen molar-refractivity contribution in [1.82, 2.24) is 31.1 Å². The molecule has 0 radical (unpaired) electrons. The number of amides is 4. The van der Waals surface area contributed by atoms with E-state index < -0.39 is 22.5 Å². The average Bonchev–Trinajstić information content (AvgIpc) is 3.98. The van der Waals surface area contributed by atoms with E-state index in [2.05, 4.69) is 31.1 Å². The average molecular weight is 1220 g/mol. The van der Waals surface area contributed by atoms with Crippen LogP contribution in [0.5, 0.6) is 11.5 Å². The number of fused-ring (bicyclic) bond motifs is 2. The molecule has 4 N–H and O–H groups in total. The molecule has 80 heavy (non-hydrogen) atoms. The highest BCUT2D eigenvalue weighted by Crippen LogP contribution is 2.45. The Morgan fingerprint density at radius 3 is 1.16 bits per heavy atom. The highest BCUT2D eigenvalue weighted by Gasteiger charge is 2.39. The summed E-state index contributed by atoms with van der Waals surface area (Å²) < 4.78 is 65.1. The number of nitrogens with one attached hydrogen (secondary N) is 4. The van der Waals surface area contributed by atoms with Gasteiger partial charge in [0, 0.05) is 104 Å². The van der Waals surface area contributed by atoms with Gasteiger partial charge in [-0.1, -0.05) is 97.8 Å². The molecule has 6 rings (SSSR count). The number of nitrogens with zero attached hydrogens (tertiary/aromatic N) is 4. The number of carbonyl (C=O) groups excluding carboxylic acids is 2. The van der Waals surface area contributed by atoms with Gasteiger partial charge in [-0.05, 0) is 176 Å². The van der Waals surface area contributed by atoms with Crippen molar-refractivity contribution in [2.75, 3.05) is 76.1 Å². The van der Waals surface area contributed by atoms with Crippen molar-refractivity contribution in [2.24, 2.45) is 0 Å². The van der Waals surface area contributed by atoms with Crippen LogP contribution in [0.1, 0.15) is 135 Å². The Bertz CT molecular complexity index is 2550. The van der Waals surface area contributed by atoms with Crippen molar-refractivity contribution in [3.8, 4) is 11.5 Å². The lowest BCUT2D eigenvalue weighted by molar-refractivity contribution is 0.110. The topological polar surface area (TPSA) is 194 Å². The summed E-state index contributed by atoms with van der Waals surface area (Å²) in [6.07, 6.45) is 13.1. The lowest BCUT2D eigenvalue weighted by atomic mass is 10.1. The molecule has 22 heteroatoms. The molecule has 442 valence electrons. The lowest BCUT2D eigenvalue weighted by Crippen LogP contribution is -2.38. The van der Waals surface area contributed by atoms with E-state index in [4.69, 9.17) is 55.9 Å². The summed E-state index contributed by atoms with van der Waals surface area (Å²) in [4.78, 5) is 28.8. The quantitative estimate of drug-likeness (QED) is 0.0263. The van der Waals surface area contributed by atoms with Gasteiger partial charge in [-0.3, -0.25) is 8.42 Å². The van der Waals surface area contributed by atoms with Crippen LogP contribution in [0.15, 0.2) is 60.7 Å². The van der Waals surface area contributed by atoms with E-state index in [1.54, 1.807) is 24.3 Å². The summed E-state index contributed by atoms with van der Waals surface area (Å²) >= 11 is 21.0. The predicted molar refractivity (Wildman–Crippen MR) is 324 cm³/mol. The van der Waals surface area contributed by atoms with E-state index in [9.17, 15) is 27.1 Å². The zero-order valence-corrected chi connectivity index (χ0v) is 51.7. The normalized spacial score (nSPS) is 17.2. The molecule has 0 bridgehead atoms. The van der Waals surface area contributed by atoms with Gasteiger partial charge in [0.25, 0.3) is 0 Å². The van der Waals surface area contributed by atoms with Crippen LogP contribution < -0.4 is 39.4 Å². The van der Waals surface area contributed by atoms with Crippen LogP contribution >= 0.6 is 46.4 Å². The van der Waals surface area contributed by atoms with Gasteiger partial charge in [0.1, 0.15) is 23.7 Å². The number of ether oxygens (including phenoxy) is 2. The summed E-state index contributed by atoms with van der Waals surface area (Å²) in [5, 5.41) is 13.9. The highest BCUT2D eigenvalue weighted by molar-refractivity contribution is 7.80. The van der Waals surface area contributed by atoms with Gasteiger partial charge >= 0.3 is 12.1 Å². The Morgan fingerprint density at radius 1 is 0.512 bits per heavy atom. The maximum Gasteiger partial charge on any atom is 0.314 e. The first-order valence-electron chi connectivity index (χ1n) is 27.9. The minimum Gasteiger partial charge on any atom is -0.755 e. The van der Waals surface area contributed by atoms with Crippen LogP contribution in [-0.4, -0.2) is 119 Å². The minimum absolute atomic E-state index is 0.0587. The van der Waals surface area contributed by atoms with Crippen molar-refractivity contribution in [3.63, 3.8) is 0 Å². The van der Waals surface area contributed by atoms with Crippen molar-refractivity contribution in [1.29, 1.82) is 0 Å². The largest absolute Gasteiger partial charge is 0.755 e. The second kappa shape index (κ2) is 32.7. The Kier molecular flexibility index (Phi) is 26.6. The van der Waals surface area contributed by atoms with Crippen molar-refractivity contribution < 1.29 is 36.6 Å². The lowest BCUT2D eigenvalue weighted by Gasteiger charge is -2.29. The van der Waals surface area contributed by atoms with E-state index in [0.29, 0.717) is 82.2 Å². The monoisotopic (exact) mass is 1220 g/mol. The van der Waals surface area contributed by atoms with Crippen molar-refractivity contribution >= 4 is 92.4 Å². The molecule has 16 nitrogen and oxygen atoms in total. The molecule has 0 fully saturated rings.